The van der Waals surface area contributed by atoms with E-state index in [4.69, 9.17) is 5.90 Å². The molecule has 0 aromatic carbocycles. The van der Waals surface area contributed by atoms with Gasteiger partial charge >= 0.3 is 5.97 Å². The summed E-state index contributed by atoms with van der Waals surface area (Å²) in [4.78, 5) is 16.5. The van der Waals surface area contributed by atoms with Gasteiger partial charge in [-0.1, -0.05) is 34.6 Å². The lowest BCUT2D eigenvalue weighted by atomic mass is 9.53. The van der Waals surface area contributed by atoms with Gasteiger partial charge in [-0.15, -0.1) is 0 Å². The molecule has 18 heavy (non-hydrogen) atoms. The first-order valence-electron chi connectivity index (χ1n) is 7.39. The topological polar surface area (TPSA) is 52.3 Å². The fourth-order valence-corrected chi connectivity index (χ4v) is 4.14. The van der Waals surface area contributed by atoms with Gasteiger partial charge in [-0.25, -0.2) is 4.79 Å². The van der Waals surface area contributed by atoms with Gasteiger partial charge in [0.2, 0.25) is 0 Å². The predicted molar refractivity (Wildman–Crippen MR) is 73.5 cm³/mol. The lowest BCUT2D eigenvalue weighted by Gasteiger charge is -2.50. The Morgan fingerprint density at radius 3 is 2.33 bits per heavy atom. The second kappa shape index (κ2) is 6.05. The zero-order valence-electron chi connectivity index (χ0n) is 12.5. The van der Waals surface area contributed by atoms with Gasteiger partial charge in [0.1, 0.15) is 0 Å². The average Bonchev–Trinajstić information content (AvgIpc) is 2.37. The van der Waals surface area contributed by atoms with Crippen molar-refractivity contribution >= 4 is 5.97 Å². The molecule has 0 aromatic heterocycles. The van der Waals surface area contributed by atoms with Crippen LogP contribution in [-0.4, -0.2) is 5.97 Å². The minimum Gasteiger partial charge on any atom is -0.373 e. The molecule has 5 atom stereocenters. The van der Waals surface area contributed by atoms with Crippen molar-refractivity contribution in [1.82, 2.24) is 0 Å². The summed E-state index contributed by atoms with van der Waals surface area (Å²) in [6.45, 7) is 10.8. The number of hydrogen-bond donors (Lipinski definition) is 1. The molecule has 0 aliphatic heterocycles. The molecule has 0 radical (unpaired) electrons. The molecular formula is C15H29NO2. The maximum absolute atomic E-state index is 11.9. The third-order valence-corrected chi connectivity index (χ3v) is 4.99. The highest BCUT2D eigenvalue weighted by molar-refractivity contribution is 5.77. The van der Waals surface area contributed by atoms with Crippen LogP contribution in [0.3, 0.4) is 0 Å². The van der Waals surface area contributed by atoms with Gasteiger partial charge in [0.25, 0.3) is 0 Å². The van der Waals surface area contributed by atoms with Gasteiger partial charge in [0.15, 0.2) is 0 Å². The average molecular weight is 255 g/mol. The fraction of sp³-hybridized carbons (Fsp3) is 0.933. The molecule has 0 saturated heterocycles. The van der Waals surface area contributed by atoms with Crippen molar-refractivity contribution in [2.24, 2.45) is 35.0 Å². The van der Waals surface area contributed by atoms with Gasteiger partial charge < -0.3 is 4.84 Å². The normalized spacial score (nSPS) is 42.6. The van der Waals surface area contributed by atoms with Gasteiger partial charge in [0.05, 0.1) is 5.41 Å². The van der Waals surface area contributed by atoms with E-state index in [9.17, 15) is 4.79 Å². The number of hydrogen-bond acceptors (Lipinski definition) is 3. The van der Waals surface area contributed by atoms with Crippen molar-refractivity contribution in [3.63, 3.8) is 0 Å². The summed E-state index contributed by atoms with van der Waals surface area (Å²) in [5, 5.41) is 0. The Bertz CT molecular complexity index is 288. The van der Waals surface area contributed by atoms with Crippen LogP contribution in [0.25, 0.3) is 0 Å². The van der Waals surface area contributed by atoms with E-state index in [0.717, 1.165) is 25.2 Å². The minimum atomic E-state index is -0.275. The van der Waals surface area contributed by atoms with E-state index in [0.29, 0.717) is 17.8 Å². The number of carbonyl (C=O) groups is 1. The first-order valence-corrected chi connectivity index (χ1v) is 7.39. The molecule has 0 amide bonds. The summed E-state index contributed by atoms with van der Waals surface area (Å²) in [5.74, 6) is 7.55. The van der Waals surface area contributed by atoms with Crippen LogP contribution in [0, 0.1) is 29.1 Å². The molecule has 2 N–H and O–H groups in total. The highest BCUT2D eigenvalue weighted by Crippen LogP contribution is 2.55. The van der Waals surface area contributed by atoms with Gasteiger partial charge in [-0.05, 0) is 49.4 Å². The van der Waals surface area contributed by atoms with E-state index < -0.39 is 0 Å². The summed E-state index contributed by atoms with van der Waals surface area (Å²) >= 11 is 0. The van der Waals surface area contributed by atoms with Crippen molar-refractivity contribution < 1.29 is 9.63 Å². The number of rotatable bonds is 1. The first kappa shape index (κ1) is 15.5. The van der Waals surface area contributed by atoms with Crippen molar-refractivity contribution in [1.29, 1.82) is 0 Å². The molecule has 2 aliphatic rings. The van der Waals surface area contributed by atoms with E-state index in [1.54, 1.807) is 0 Å². The molecule has 3 heteroatoms. The zero-order chi connectivity index (χ0) is 13.9. The number of fused-ring (bicyclic) bond motifs is 2. The molecule has 2 fully saturated rings. The van der Waals surface area contributed by atoms with E-state index in [1.165, 1.54) is 6.42 Å². The number of nitrogens with two attached hydrogens (primary N) is 1. The molecule has 0 aromatic rings. The Kier molecular flexibility index (Phi) is 5.20. The van der Waals surface area contributed by atoms with Crippen molar-refractivity contribution in [2.45, 2.75) is 60.3 Å². The highest BCUT2D eigenvalue weighted by atomic mass is 16.7. The maximum Gasteiger partial charge on any atom is 0.330 e. The Hall–Kier alpha value is -0.570. The van der Waals surface area contributed by atoms with E-state index >= 15 is 0 Å². The quantitative estimate of drug-likeness (QED) is 0.729. The van der Waals surface area contributed by atoms with Crippen LogP contribution < -0.4 is 5.90 Å². The Morgan fingerprint density at radius 2 is 1.78 bits per heavy atom. The van der Waals surface area contributed by atoms with Crippen LogP contribution in [0.2, 0.25) is 0 Å². The van der Waals surface area contributed by atoms with E-state index in [1.807, 2.05) is 13.8 Å². The summed E-state index contributed by atoms with van der Waals surface area (Å²) < 4.78 is 0. The molecule has 106 valence electrons. The highest BCUT2D eigenvalue weighted by Gasteiger charge is 2.52. The molecule has 2 aliphatic carbocycles. The number of carbonyl (C=O) groups excluding carboxylic acids is 1. The SMILES string of the molecule is CC.CC1CC2CC(C(=O)ON)(C1)CC(C)C2C. The second-order valence-corrected chi connectivity index (χ2v) is 6.24. The molecule has 2 bridgehead atoms. The van der Waals surface area contributed by atoms with Gasteiger partial charge in [-0.2, -0.15) is 5.90 Å². The van der Waals surface area contributed by atoms with Crippen LogP contribution in [0.5, 0.6) is 0 Å². The lowest BCUT2D eigenvalue weighted by molar-refractivity contribution is -0.168. The molecule has 0 spiro atoms. The van der Waals surface area contributed by atoms with E-state index in [-0.39, 0.29) is 11.4 Å². The standard InChI is InChI=1S/C13H23NO2.C2H6/c1-8-4-11-7-13(5-8,12(15)16-14)6-9(2)10(11)3;1-2/h8-11H,4-7,14H2,1-3H3;1-2H3. The third kappa shape index (κ3) is 2.71. The smallest absolute Gasteiger partial charge is 0.330 e. The predicted octanol–water partition coefficient (Wildman–Crippen LogP) is 3.53. The minimum absolute atomic E-state index is 0.178. The van der Waals surface area contributed by atoms with Crippen LogP contribution in [0.1, 0.15) is 60.3 Å². The lowest BCUT2D eigenvalue weighted by Crippen LogP contribution is -2.48. The third-order valence-electron chi connectivity index (χ3n) is 4.99. The van der Waals surface area contributed by atoms with Crippen molar-refractivity contribution in [2.75, 3.05) is 0 Å². The molecule has 3 nitrogen and oxygen atoms in total. The Morgan fingerprint density at radius 1 is 1.17 bits per heavy atom. The van der Waals surface area contributed by atoms with Crippen LogP contribution in [0.4, 0.5) is 0 Å². The van der Waals surface area contributed by atoms with Crippen LogP contribution in [-0.2, 0) is 9.63 Å². The van der Waals surface area contributed by atoms with Crippen LogP contribution >= 0.6 is 0 Å². The fourth-order valence-electron chi connectivity index (χ4n) is 4.14. The molecular weight excluding hydrogens is 226 g/mol. The van der Waals surface area contributed by atoms with Crippen molar-refractivity contribution in [3.05, 3.63) is 0 Å². The summed E-state index contributed by atoms with van der Waals surface area (Å²) in [5.41, 5.74) is -0.275. The van der Waals surface area contributed by atoms with Gasteiger partial charge in [0, 0.05) is 0 Å². The maximum atomic E-state index is 11.9. The monoisotopic (exact) mass is 255 g/mol. The Labute approximate surface area is 111 Å². The van der Waals surface area contributed by atoms with Crippen molar-refractivity contribution in [3.8, 4) is 0 Å². The van der Waals surface area contributed by atoms with Gasteiger partial charge in [-0.3, -0.25) is 0 Å². The zero-order valence-corrected chi connectivity index (χ0v) is 12.5. The largest absolute Gasteiger partial charge is 0.373 e. The molecule has 2 saturated carbocycles. The summed E-state index contributed by atoms with van der Waals surface area (Å²) in [7, 11) is 0. The first-order chi connectivity index (χ1) is 8.48. The molecule has 0 heterocycles. The molecule has 2 rings (SSSR count). The summed E-state index contributed by atoms with van der Waals surface area (Å²) in [6.07, 6.45) is 4.14. The molecule has 5 unspecified atom stereocenters. The van der Waals surface area contributed by atoms with E-state index in [2.05, 4.69) is 25.6 Å². The van der Waals surface area contributed by atoms with Crippen LogP contribution in [0.15, 0.2) is 0 Å². The summed E-state index contributed by atoms with van der Waals surface area (Å²) in [6, 6.07) is 0. The second-order valence-electron chi connectivity index (χ2n) is 6.24. The Balaban J connectivity index is 0.000000771.